The number of nitrogens with one attached hydrogen (secondary N) is 1. The van der Waals surface area contributed by atoms with Crippen LogP contribution in [0.25, 0.3) is 0 Å². The molecule has 3 heteroatoms. The van der Waals surface area contributed by atoms with Crippen molar-refractivity contribution in [1.29, 1.82) is 0 Å². The van der Waals surface area contributed by atoms with Gasteiger partial charge in [-0.25, -0.2) is 0 Å². The fourth-order valence-corrected chi connectivity index (χ4v) is 0.989. The molecule has 0 aromatic carbocycles. The first-order chi connectivity index (χ1) is 6.11. The molecular weight excluding hydrogens is 166 g/mol. The maximum Gasteiger partial charge on any atom is 0.223 e. The van der Waals surface area contributed by atoms with Crippen molar-refractivity contribution in [3.63, 3.8) is 0 Å². The Bertz CT molecular complexity index is 264. The smallest absolute Gasteiger partial charge is 0.223 e. The summed E-state index contributed by atoms with van der Waals surface area (Å²) < 4.78 is 5.16. The number of hydrogen-bond acceptors (Lipinski definition) is 2. The molecule has 1 N–H and O–H groups in total. The predicted molar refractivity (Wildman–Crippen MR) is 50.1 cm³/mol. The molecule has 0 aliphatic rings. The number of hydrogen-bond donors (Lipinski definition) is 1. The van der Waals surface area contributed by atoms with Gasteiger partial charge < -0.3 is 9.73 Å². The molecule has 1 amide bonds. The molecule has 0 aliphatic carbocycles. The first-order valence-corrected chi connectivity index (χ1v) is 4.45. The summed E-state index contributed by atoms with van der Waals surface area (Å²) in [6.07, 6.45) is 1.60. The normalized spacial score (nSPS) is 12.9. The highest BCUT2D eigenvalue weighted by Crippen LogP contribution is 2.12. The van der Waals surface area contributed by atoms with Gasteiger partial charge in [0.15, 0.2) is 0 Å². The second-order valence-electron chi connectivity index (χ2n) is 3.40. The van der Waals surface area contributed by atoms with Gasteiger partial charge in [0.2, 0.25) is 5.91 Å². The van der Waals surface area contributed by atoms with Gasteiger partial charge in [0.1, 0.15) is 5.76 Å². The fourth-order valence-electron chi connectivity index (χ4n) is 0.989. The van der Waals surface area contributed by atoms with Gasteiger partial charge >= 0.3 is 0 Å². The maximum atomic E-state index is 11.3. The van der Waals surface area contributed by atoms with E-state index in [2.05, 4.69) is 5.32 Å². The summed E-state index contributed by atoms with van der Waals surface area (Å²) in [6.45, 7) is 5.63. The molecule has 0 aliphatic heterocycles. The van der Waals surface area contributed by atoms with Gasteiger partial charge in [0.25, 0.3) is 0 Å². The Kier molecular flexibility index (Phi) is 3.12. The third-order valence-electron chi connectivity index (χ3n) is 1.85. The lowest BCUT2D eigenvalue weighted by Crippen LogP contribution is -2.30. The van der Waals surface area contributed by atoms with E-state index < -0.39 is 0 Å². The van der Waals surface area contributed by atoms with Crippen LogP contribution in [0.15, 0.2) is 22.8 Å². The molecule has 72 valence electrons. The zero-order valence-electron chi connectivity index (χ0n) is 8.20. The summed E-state index contributed by atoms with van der Waals surface area (Å²) in [6, 6.07) is 3.61. The molecule has 0 fully saturated rings. The van der Waals surface area contributed by atoms with E-state index in [1.165, 1.54) is 0 Å². The molecule has 0 saturated heterocycles. The van der Waals surface area contributed by atoms with Crippen LogP contribution in [-0.4, -0.2) is 5.91 Å². The average molecular weight is 181 g/mol. The molecule has 1 atom stereocenters. The van der Waals surface area contributed by atoms with E-state index in [0.717, 1.165) is 5.76 Å². The van der Waals surface area contributed by atoms with E-state index in [1.807, 2.05) is 32.9 Å². The number of carbonyl (C=O) groups is 1. The van der Waals surface area contributed by atoms with Crippen molar-refractivity contribution in [2.24, 2.45) is 5.92 Å². The van der Waals surface area contributed by atoms with Crippen LogP contribution in [0.1, 0.15) is 32.6 Å². The fraction of sp³-hybridized carbons (Fsp3) is 0.500. The Morgan fingerprint density at radius 1 is 1.46 bits per heavy atom. The summed E-state index contributed by atoms with van der Waals surface area (Å²) in [5.74, 6) is 0.843. The van der Waals surface area contributed by atoms with Crippen LogP contribution in [-0.2, 0) is 4.79 Å². The predicted octanol–water partition coefficient (Wildman–Crippen LogP) is 2.11. The van der Waals surface area contributed by atoms with Gasteiger partial charge in [-0.15, -0.1) is 0 Å². The number of furan rings is 1. The monoisotopic (exact) mass is 181 g/mol. The van der Waals surface area contributed by atoms with Crippen molar-refractivity contribution < 1.29 is 9.21 Å². The molecule has 1 aromatic rings. The third-order valence-corrected chi connectivity index (χ3v) is 1.85. The summed E-state index contributed by atoms with van der Waals surface area (Å²) in [4.78, 5) is 11.3. The first kappa shape index (κ1) is 9.84. The van der Waals surface area contributed by atoms with Gasteiger partial charge in [-0.05, 0) is 19.1 Å². The molecule has 0 spiro atoms. The Morgan fingerprint density at radius 2 is 2.15 bits per heavy atom. The van der Waals surface area contributed by atoms with E-state index in [0.29, 0.717) is 0 Å². The molecule has 3 nitrogen and oxygen atoms in total. The van der Waals surface area contributed by atoms with Crippen molar-refractivity contribution in [3.8, 4) is 0 Å². The van der Waals surface area contributed by atoms with Crippen molar-refractivity contribution >= 4 is 5.91 Å². The van der Waals surface area contributed by atoms with Gasteiger partial charge in [0.05, 0.1) is 12.3 Å². The van der Waals surface area contributed by atoms with Crippen LogP contribution in [0, 0.1) is 5.92 Å². The first-order valence-electron chi connectivity index (χ1n) is 4.45. The zero-order valence-corrected chi connectivity index (χ0v) is 8.20. The van der Waals surface area contributed by atoms with Crippen LogP contribution in [0.3, 0.4) is 0 Å². The van der Waals surface area contributed by atoms with Crippen molar-refractivity contribution in [3.05, 3.63) is 24.2 Å². The molecule has 1 heterocycles. The molecule has 1 unspecified atom stereocenters. The summed E-state index contributed by atoms with van der Waals surface area (Å²) in [5.41, 5.74) is 0. The molecule has 0 radical (unpaired) electrons. The lowest BCUT2D eigenvalue weighted by atomic mass is 10.2. The van der Waals surface area contributed by atoms with Gasteiger partial charge in [-0.3, -0.25) is 4.79 Å². The van der Waals surface area contributed by atoms with E-state index in [4.69, 9.17) is 4.42 Å². The highest BCUT2D eigenvalue weighted by molar-refractivity contribution is 5.78. The quantitative estimate of drug-likeness (QED) is 0.776. The van der Waals surface area contributed by atoms with Crippen molar-refractivity contribution in [2.75, 3.05) is 0 Å². The van der Waals surface area contributed by atoms with Crippen LogP contribution in [0.2, 0.25) is 0 Å². The van der Waals surface area contributed by atoms with Gasteiger partial charge in [-0.1, -0.05) is 13.8 Å². The molecule has 1 rings (SSSR count). The van der Waals surface area contributed by atoms with Crippen LogP contribution in [0.5, 0.6) is 0 Å². The lowest BCUT2D eigenvalue weighted by Gasteiger charge is -2.12. The molecular formula is C10H15NO2. The van der Waals surface area contributed by atoms with E-state index in [-0.39, 0.29) is 17.9 Å². The van der Waals surface area contributed by atoms with E-state index in [1.54, 1.807) is 6.26 Å². The number of amides is 1. The van der Waals surface area contributed by atoms with E-state index in [9.17, 15) is 4.79 Å². The van der Waals surface area contributed by atoms with Gasteiger partial charge in [-0.2, -0.15) is 0 Å². The molecule has 0 saturated carbocycles. The van der Waals surface area contributed by atoms with Crippen molar-refractivity contribution in [2.45, 2.75) is 26.8 Å². The molecule has 13 heavy (non-hydrogen) atoms. The highest BCUT2D eigenvalue weighted by atomic mass is 16.3. The van der Waals surface area contributed by atoms with E-state index >= 15 is 0 Å². The van der Waals surface area contributed by atoms with Gasteiger partial charge in [0, 0.05) is 5.92 Å². The van der Waals surface area contributed by atoms with Crippen molar-refractivity contribution in [1.82, 2.24) is 5.32 Å². The molecule has 1 aromatic heterocycles. The zero-order chi connectivity index (χ0) is 9.84. The summed E-state index contributed by atoms with van der Waals surface area (Å²) in [7, 11) is 0. The minimum atomic E-state index is -0.0510. The number of rotatable bonds is 3. The van der Waals surface area contributed by atoms with Crippen LogP contribution >= 0.6 is 0 Å². The minimum Gasteiger partial charge on any atom is -0.467 e. The topological polar surface area (TPSA) is 42.2 Å². The lowest BCUT2D eigenvalue weighted by molar-refractivity contribution is -0.124. The minimum absolute atomic E-state index is 0.0115. The Balaban J connectivity index is 2.51. The average Bonchev–Trinajstić information content (AvgIpc) is 2.55. The SMILES string of the molecule is CC(C)C(=O)NC(C)c1ccco1. The molecule has 0 bridgehead atoms. The Morgan fingerprint density at radius 3 is 2.62 bits per heavy atom. The standard InChI is InChI=1S/C10H15NO2/c1-7(2)10(12)11-8(3)9-5-4-6-13-9/h4-8H,1-3H3,(H,11,12). The Labute approximate surface area is 78.1 Å². The van der Waals surface area contributed by atoms with Crippen LogP contribution < -0.4 is 5.32 Å². The summed E-state index contributed by atoms with van der Waals surface area (Å²) >= 11 is 0. The van der Waals surface area contributed by atoms with Crippen LogP contribution in [0.4, 0.5) is 0 Å². The highest BCUT2D eigenvalue weighted by Gasteiger charge is 2.13. The largest absolute Gasteiger partial charge is 0.467 e. The third kappa shape index (κ3) is 2.61. The maximum absolute atomic E-state index is 11.3. The number of carbonyl (C=O) groups excluding carboxylic acids is 1. The second kappa shape index (κ2) is 4.12. The Hall–Kier alpha value is -1.25. The second-order valence-corrected chi connectivity index (χ2v) is 3.40. The summed E-state index contributed by atoms with van der Waals surface area (Å²) in [5, 5.41) is 2.85.